The van der Waals surface area contributed by atoms with Gasteiger partial charge in [-0.2, -0.15) is 0 Å². The Morgan fingerprint density at radius 3 is 2.32 bits per heavy atom. The lowest BCUT2D eigenvalue weighted by Gasteiger charge is -2.36. The molecule has 0 bridgehead atoms. The molecule has 1 heterocycles. The Bertz CT molecular complexity index is 757. The van der Waals surface area contributed by atoms with E-state index in [1.807, 2.05) is 42.2 Å². The van der Waals surface area contributed by atoms with Crippen LogP contribution in [0.5, 0.6) is 5.75 Å². The summed E-state index contributed by atoms with van der Waals surface area (Å²) in [6, 6.07) is 18.2. The third-order valence-electron chi connectivity index (χ3n) is 5.41. The number of hydrogen-bond acceptors (Lipinski definition) is 4. The number of rotatable bonds is 7. The van der Waals surface area contributed by atoms with Gasteiger partial charge in [0.2, 0.25) is 5.91 Å². The minimum Gasteiger partial charge on any atom is -0.496 e. The highest BCUT2D eigenvalue weighted by Crippen LogP contribution is 2.24. The van der Waals surface area contributed by atoms with Crippen molar-refractivity contribution in [3.05, 3.63) is 65.7 Å². The van der Waals surface area contributed by atoms with Crippen molar-refractivity contribution in [3.63, 3.8) is 0 Å². The van der Waals surface area contributed by atoms with E-state index >= 15 is 0 Å². The number of nitrogens with one attached hydrogen (secondary N) is 1. The third kappa shape index (κ3) is 5.12. The number of carbonyl (C=O) groups is 1. The van der Waals surface area contributed by atoms with Crippen LogP contribution >= 0.6 is 0 Å². The van der Waals surface area contributed by atoms with E-state index in [4.69, 9.17) is 4.74 Å². The fraction of sp³-hybridized carbons (Fsp3) is 0.435. The van der Waals surface area contributed by atoms with E-state index in [-0.39, 0.29) is 18.0 Å². The number of para-hydroxylation sites is 1. The molecule has 0 radical (unpaired) electrons. The number of methoxy groups -OCH3 is 1. The summed E-state index contributed by atoms with van der Waals surface area (Å²) >= 11 is 0. The molecule has 2 atom stereocenters. The van der Waals surface area contributed by atoms with Gasteiger partial charge in [0.05, 0.1) is 13.2 Å². The molecule has 1 fully saturated rings. The molecule has 2 aromatic carbocycles. The number of benzene rings is 2. The molecule has 0 saturated carbocycles. The van der Waals surface area contributed by atoms with Crippen molar-refractivity contribution in [1.82, 2.24) is 15.1 Å². The number of ether oxygens (including phenoxy) is 1. The van der Waals surface area contributed by atoms with Gasteiger partial charge in [-0.15, -0.1) is 0 Å². The van der Waals surface area contributed by atoms with Gasteiger partial charge in [-0.05, 0) is 25.5 Å². The molecule has 1 aliphatic rings. The van der Waals surface area contributed by atoms with Gasteiger partial charge in [-0.3, -0.25) is 15.0 Å². The smallest absolute Gasteiger partial charge is 0.239 e. The molecule has 5 nitrogen and oxygen atoms in total. The predicted molar refractivity (Wildman–Crippen MR) is 112 cm³/mol. The molecule has 28 heavy (non-hydrogen) atoms. The first-order valence-corrected chi connectivity index (χ1v) is 10.0. The second kappa shape index (κ2) is 9.71. The summed E-state index contributed by atoms with van der Waals surface area (Å²) in [5.41, 5.74) is 2.39. The number of carbonyl (C=O) groups excluding carboxylic acids is 1. The van der Waals surface area contributed by atoms with E-state index in [2.05, 4.69) is 41.4 Å². The maximum atomic E-state index is 12.9. The maximum absolute atomic E-state index is 12.9. The molecule has 0 spiro atoms. The molecule has 150 valence electrons. The average molecular weight is 382 g/mol. The van der Waals surface area contributed by atoms with Gasteiger partial charge < -0.3 is 9.64 Å². The van der Waals surface area contributed by atoms with Gasteiger partial charge in [0.1, 0.15) is 5.75 Å². The molecule has 5 heteroatoms. The van der Waals surface area contributed by atoms with Crippen molar-refractivity contribution >= 4 is 5.91 Å². The largest absolute Gasteiger partial charge is 0.496 e. The van der Waals surface area contributed by atoms with Crippen LogP contribution in [0.3, 0.4) is 0 Å². The maximum Gasteiger partial charge on any atom is 0.239 e. The summed E-state index contributed by atoms with van der Waals surface area (Å²) < 4.78 is 5.44. The first-order chi connectivity index (χ1) is 13.6. The first-order valence-electron chi connectivity index (χ1n) is 10.0. The van der Waals surface area contributed by atoms with E-state index in [0.717, 1.165) is 44.0 Å². The fourth-order valence-corrected chi connectivity index (χ4v) is 3.80. The van der Waals surface area contributed by atoms with Crippen molar-refractivity contribution in [2.24, 2.45) is 0 Å². The van der Waals surface area contributed by atoms with Crippen molar-refractivity contribution in [2.75, 3.05) is 33.3 Å². The molecular formula is C23H31N3O2. The highest BCUT2D eigenvalue weighted by molar-refractivity contribution is 5.81. The Hall–Kier alpha value is -2.37. The molecular weight excluding hydrogens is 350 g/mol. The van der Waals surface area contributed by atoms with Crippen LogP contribution in [0.2, 0.25) is 0 Å². The van der Waals surface area contributed by atoms with Crippen molar-refractivity contribution in [1.29, 1.82) is 0 Å². The van der Waals surface area contributed by atoms with Gasteiger partial charge in [0.25, 0.3) is 0 Å². The van der Waals surface area contributed by atoms with Gasteiger partial charge in [0, 0.05) is 44.3 Å². The number of amides is 1. The van der Waals surface area contributed by atoms with Gasteiger partial charge in [0.15, 0.2) is 0 Å². The minimum atomic E-state index is -0.236. The van der Waals surface area contributed by atoms with E-state index in [0.29, 0.717) is 0 Å². The summed E-state index contributed by atoms with van der Waals surface area (Å²) in [6.07, 6.45) is 0. The molecule has 2 aromatic rings. The van der Waals surface area contributed by atoms with Crippen molar-refractivity contribution in [3.8, 4) is 5.75 Å². The van der Waals surface area contributed by atoms with Crippen LogP contribution in [0.1, 0.15) is 31.0 Å². The monoisotopic (exact) mass is 381 g/mol. The summed E-state index contributed by atoms with van der Waals surface area (Å²) in [4.78, 5) is 17.3. The fourth-order valence-electron chi connectivity index (χ4n) is 3.80. The summed E-state index contributed by atoms with van der Waals surface area (Å²) in [6.45, 7) is 8.35. The zero-order valence-corrected chi connectivity index (χ0v) is 17.1. The summed E-state index contributed by atoms with van der Waals surface area (Å²) in [7, 11) is 1.68. The third-order valence-corrected chi connectivity index (χ3v) is 5.41. The number of piperazine rings is 1. The number of nitrogens with zero attached hydrogens (tertiary/aromatic N) is 2. The molecule has 0 unspecified atom stereocenters. The van der Waals surface area contributed by atoms with Gasteiger partial charge in [-0.25, -0.2) is 0 Å². The quantitative estimate of drug-likeness (QED) is 0.801. The highest BCUT2D eigenvalue weighted by Gasteiger charge is 2.26. The normalized spacial score (nSPS) is 17.2. The van der Waals surface area contributed by atoms with Gasteiger partial charge in [-0.1, -0.05) is 48.5 Å². The summed E-state index contributed by atoms with van der Waals surface area (Å²) in [5, 5.41) is 3.43. The lowest BCUT2D eigenvalue weighted by Crippen LogP contribution is -2.53. The molecule has 1 aliphatic heterocycles. The molecule has 3 rings (SSSR count). The van der Waals surface area contributed by atoms with Crippen LogP contribution in [0.15, 0.2) is 54.6 Å². The Balaban J connectivity index is 1.50. The van der Waals surface area contributed by atoms with E-state index in [1.165, 1.54) is 5.56 Å². The van der Waals surface area contributed by atoms with Crippen LogP contribution in [0.4, 0.5) is 0 Å². The van der Waals surface area contributed by atoms with Crippen LogP contribution in [0.25, 0.3) is 0 Å². The first kappa shape index (κ1) is 20.4. The standard InChI is InChI=1S/C23H31N3O2/c1-18(21-11-7-8-12-22(21)28-3)24-19(2)23(27)26-15-13-25(14-16-26)17-20-9-5-4-6-10-20/h4-12,18-19,24H,13-17H2,1-3H3/t18-,19-/m1/s1. The van der Waals surface area contributed by atoms with Crippen LogP contribution in [0, 0.1) is 0 Å². The Kier molecular flexibility index (Phi) is 7.06. The highest BCUT2D eigenvalue weighted by atomic mass is 16.5. The van der Waals surface area contributed by atoms with Gasteiger partial charge >= 0.3 is 0 Å². The van der Waals surface area contributed by atoms with E-state index in [1.54, 1.807) is 7.11 Å². The molecule has 0 aliphatic carbocycles. The predicted octanol–water partition coefficient (Wildman–Crippen LogP) is 3.08. The Morgan fingerprint density at radius 2 is 1.64 bits per heavy atom. The SMILES string of the molecule is COc1ccccc1[C@@H](C)N[C@H](C)C(=O)N1CCN(Cc2ccccc2)CC1. The lowest BCUT2D eigenvalue weighted by molar-refractivity contribution is -0.135. The average Bonchev–Trinajstić information content (AvgIpc) is 2.74. The second-order valence-corrected chi connectivity index (χ2v) is 7.44. The minimum absolute atomic E-state index is 0.0365. The van der Waals surface area contributed by atoms with E-state index in [9.17, 15) is 4.79 Å². The Morgan fingerprint density at radius 1 is 1.00 bits per heavy atom. The second-order valence-electron chi connectivity index (χ2n) is 7.44. The topological polar surface area (TPSA) is 44.8 Å². The lowest BCUT2D eigenvalue weighted by atomic mass is 10.1. The summed E-state index contributed by atoms with van der Waals surface area (Å²) in [5.74, 6) is 1.01. The molecule has 1 amide bonds. The molecule has 0 aromatic heterocycles. The Labute approximate surface area is 168 Å². The molecule has 1 saturated heterocycles. The van der Waals surface area contributed by atoms with E-state index < -0.39 is 0 Å². The zero-order valence-electron chi connectivity index (χ0n) is 17.1. The van der Waals surface area contributed by atoms with Crippen LogP contribution < -0.4 is 10.1 Å². The number of hydrogen-bond donors (Lipinski definition) is 1. The van der Waals surface area contributed by atoms with Crippen molar-refractivity contribution in [2.45, 2.75) is 32.5 Å². The zero-order chi connectivity index (χ0) is 19.9. The molecule has 1 N–H and O–H groups in total. The van der Waals surface area contributed by atoms with Crippen molar-refractivity contribution < 1.29 is 9.53 Å². The van der Waals surface area contributed by atoms with Crippen LogP contribution in [-0.4, -0.2) is 55.0 Å². The van der Waals surface area contributed by atoms with Crippen LogP contribution in [-0.2, 0) is 11.3 Å².